The van der Waals surface area contributed by atoms with Crippen molar-refractivity contribution < 1.29 is 18.3 Å². The number of hydrogen-bond acceptors (Lipinski definition) is 4. The highest BCUT2D eigenvalue weighted by molar-refractivity contribution is 6.00. The molecule has 9 heteroatoms. The average Bonchev–Trinajstić information content (AvgIpc) is 3.10. The second kappa shape index (κ2) is 8.81. The van der Waals surface area contributed by atoms with E-state index in [4.69, 9.17) is 4.74 Å². The smallest absolute Gasteiger partial charge is 0.324 e. The van der Waals surface area contributed by atoms with Gasteiger partial charge in [-0.25, -0.2) is 18.3 Å². The number of para-hydroxylation sites is 2. The molecule has 0 bridgehead atoms. The number of nitrogens with zero attached hydrogens (tertiary/aromatic N) is 3. The second-order valence-corrected chi connectivity index (χ2v) is 6.36. The van der Waals surface area contributed by atoms with Crippen molar-refractivity contribution in [2.75, 3.05) is 37.4 Å². The van der Waals surface area contributed by atoms with Gasteiger partial charge >= 0.3 is 6.03 Å². The van der Waals surface area contributed by atoms with Crippen LogP contribution in [0.5, 0.6) is 5.75 Å². The number of halogens is 2. The number of anilines is 2. The fourth-order valence-electron chi connectivity index (χ4n) is 3.26. The lowest BCUT2D eigenvalue weighted by atomic mass is 10.1. The van der Waals surface area contributed by atoms with E-state index in [-0.39, 0.29) is 12.6 Å². The Morgan fingerprint density at radius 2 is 2.00 bits per heavy atom. The van der Waals surface area contributed by atoms with E-state index in [1.165, 1.54) is 7.11 Å². The maximum Gasteiger partial charge on any atom is 0.324 e. The number of alkyl halides is 2. The van der Waals surface area contributed by atoms with Crippen LogP contribution >= 0.6 is 0 Å². The lowest BCUT2D eigenvalue weighted by Crippen LogP contribution is -2.38. The Hall–Kier alpha value is -2.68. The van der Waals surface area contributed by atoms with Crippen LogP contribution in [-0.2, 0) is 0 Å². The van der Waals surface area contributed by atoms with E-state index >= 15 is 0 Å². The highest BCUT2D eigenvalue weighted by atomic mass is 19.3. The first-order chi connectivity index (χ1) is 13.1. The standard InChI is InChI=1S/C18H23F2N5O2/c1-27-15-5-3-2-4-14(15)22-18(26)23-17-6-9-21-25(17)13-7-10-24(11-8-13)12-16(19)20/h2-6,9,13,16H,7-8,10-12H2,1H3,(H2,22,23,26). The number of urea groups is 1. The van der Waals surface area contributed by atoms with Crippen molar-refractivity contribution in [2.45, 2.75) is 25.3 Å². The van der Waals surface area contributed by atoms with Crippen molar-refractivity contribution in [2.24, 2.45) is 0 Å². The predicted molar refractivity (Wildman–Crippen MR) is 98.6 cm³/mol. The molecule has 2 amide bonds. The fourth-order valence-corrected chi connectivity index (χ4v) is 3.26. The number of rotatable bonds is 6. The normalized spacial score (nSPS) is 15.7. The Balaban J connectivity index is 1.60. The van der Waals surface area contributed by atoms with Gasteiger partial charge in [0.15, 0.2) is 0 Å². The molecule has 2 N–H and O–H groups in total. The molecular weight excluding hydrogens is 356 g/mol. The molecule has 1 aromatic carbocycles. The molecule has 1 aliphatic heterocycles. The monoisotopic (exact) mass is 379 g/mol. The van der Waals surface area contributed by atoms with Crippen LogP contribution in [0.15, 0.2) is 36.5 Å². The topological polar surface area (TPSA) is 71.4 Å². The molecule has 0 aliphatic carbocycles. The molecule has 3 rings (SSSR count). The van der Waals surface area contributed by atoms with E-state index in [0.29, 0.717) is 43.2 Å². The minimum Gasteiger partial charge on any atom is -0.495 e. The van der Waals surface area contributed by atoms with Crippen molar-refractivity contribution >= 4 is 17.5 Å². The number of nitrogens with one attached hydrogen (secondary N) is 2. The molecule has 146 valence electrons. The van der Waals surface area contributed by atoms with Crippen molar-refractivity contribution in [3.05, 3.63) is 36.5 Å². The van der Waals surface area contributed by atoms with E-state index < -0.39 is 12.5 Å². The summed E-state index contributed by atoms with van der Waals surface area (Å²) in [7, 11) is 1.54. The highest BCUT2D eigenvalue weighted by Crippen LogP contribution is 2.26. The molecule has 0 atom stereocenters. The van der Waals surface area contributed by atoms with Crippen molar-refractivity contribution in [3.8, 4) is 5.75 Å². The molecule has 7 nitrogen and oxygen atoms in total. The van der Waals surface area contributed by atoms with E-state index in [9.17, 15) is 13.6 Å². The molecule has 0 radical (unpaired) electrons. The first-order valence-corrected chi connectivity index (χ1v) is 8.82. The molecular formula is C18H23F2N5O2. The Bertz CT molecular complexity index is 760. The summed E-state index contributed by atoms with van der Waals surface area (Å²) in [6.45, 7) is 0.974. The van der Waals surface area contributed by atoms with E-state index in [1.54, 1.807) is 40.0 Å². The average molecular weight is 379 g/mol. The van der Waals surface area contributed by atoms with E-state index in [2.05, 4.69) is 15.7 Å². The van der Waals surface area contributed by atoms with Gasteiger partial charge in [-0.15, -0.1) is 0 Å². The SMILES string of the molecule is COc1ccccc1NC(=O)Nc1ccnn1C1CCN(CC(F)F)CC1. The molecule has 1 fully saturated rings. The van der Waals surface area contributed by atoms with Crippen LogP contribution in [0.2, 0.25) is 0 Å². The van der Waals surface area contributed by atoms with Gasteiger partial charge in [0.1, 0.15) is 11.6 Å². The lowest BCUT2D eigenvalue weighted by Gasteiger charge is -2.32. The van der Waals surface area contributed by atoms with Crippen LogP contribution in [0.3, 0.4) is 0 Å². The zero-order chi connectivity index (χ0) is 19.2. The summed E-state index contributed by atoms with van der Waals surface area (Å²) in [6.07, 6.45) is 0.709. The number of ether oxygens (including phenoxy) is 1. The fraction of sp³-hybridized carbons (Fsp3) is 0.444. The minimum atomic E-state index is -2.32. The Morgan fingerprint density at radius 3 is 2.70 bits per heavy atom. The summed E-state index contributed by atoms with van der Waals surface area (Å²) < 4.78 is 32.0. The van der Waals surface area contributed by atoms with Gasteiger partial charge in [-0.1, -0.05) is 12.1 Å². The molecule has 1 aliphatic rings. The maximum absolute atomic E-state index is 12.5. The molecule has 1 saturated heterocycles. The molecule has 0 unspecified atom stereocenters. The van der Waals surface area contributed by atoms with Gasteiger partial charge in [0, 0.05) is 19.2 Å². The first kappa shape index (κ1) is 19.1. The number of carbonyl (C=O) groups is 1. The minimum absolute atomic E-state index is 0.0653. The summed E-state index contributed by atoms with van der Waals surface area (Å²) in [5.74, 6) is 1.13. The maximum atomic E-state index is 12.5. The molecule has 27 heavy (non-hydrogen) atoms. The second-order valence-electron chi connectivity index (χ2n) is 6.36. The summed E-state index contributed by atoms with van der Waals surface area (Å²) in [5, 5.41) is 9.85. The number of piperidine rings is 1. The number of benzene rings is 1. The third-order valence-electron chi connectivity index (χ3n) is 4.57. The summed E-state index contributed by atoms with van der Waals surface area (Å²) in [5.41, 5.74) is 0.559. The van der Waals surface area contributed by atoms with Gasteiger partial charge in [-0.05, 0) is 25.0 Å². The zero-order valence-corrected chi connectivity index (χ0v) is 15.1. The molecule has 0 saturated carbocycles. The van der Waals surface area contributed by atoms with Crippen molar-refractivity contribution in [3.63, 3.8) is 0 Å². The number of amides is 2. The Morgan fingerprint density at radius 1 is 1.26 bits per heavy atom. The molecule has 0 spiro atoms. The number of aromatic nitrogens is 2. The third-order valence-corrected chi connectivity index (χ3v) is 4.57. The number of methoxy groups -OCH3 is 1. The van der Waals surface area contributed by atoms with Gasteiger partial charge in [0.2, 0.25) is 0 Å². The number of likely N-dealkylation sites (tertiary alicyclic amines) is 1. The molecule has 2 heterocycles. The van der Waals surface area contributed by atoms with Crippen LogP contribution in [-0.4, -0.2) is 53.9 Å². The van der Waals surface area contributed by atoms with Crippen LogP contribution in [0.1, 0.15) is 18.9 Å². The summed E-state index contributed by atoms with van der Waals surface area (Å²) >= 11 is 0. The highest BCUT2D eigenvalue weighted by Gasteiger charge is 2.24. The van der Waals surface area contributed by atoms with Crippen LogP contribution in [0.25, 0.3) is 0 Å². The largest absolute Gasteiger partial charge is 0.495 e. The van der Waals surface area contributed by atoms with Crippen LogP contribution < -0.4 is 15.4 Å². The first-order valence-electron chi connectivity index (χ1n) is 8.82. The van der Waals surface area contributed by atoms with Crippen LogP contribution in [0, 0.1) is 0 Å². The van der Waals surface area contributed by atoms with Gasteiger partial charge in [-0.3, -0.25) is 10.2 Å². The number of carbonyl (C=O) groups excluding carboxylic acids is 1. The van der Waals surface area contributed by atoms with Gasteiger partial charge < -0.3 is 10.1 Å². The van der Waals surface area contributed by atoms with Gasteiger partial charge in [-0.2, -0.15) is 5.10 Å². The van der Waals surface area contributed by atoms with E-state index in [0.717, 1.165) is 0 Å². The Labute approximate surface area is 156 Å². The quantitative estimate of drug-likeness (QED) is 0.807. The molecule has 2 aromatic rings. The summed E-state index contributed by atoms with van der Waals surface area (Å²) in [6, 6.07) is 8.49. The third kappa shape index (κ3) is 4.94. The number of hydrogen-bond donors (Lipinski definition) is 2. The van der Waals surface area contributed by atoms with Gasteiger partial charge in [0.05, 0.1) is 31.6 Å². The van der Waals surface area contributed by atoms with Crippen molar-refractivity contribution in [1.29, 1.82) is 0 Å². The predicted octanol–water partition coefficient (Wildman–Crippen LogP) is 3.44. The Kier molecular flexibility index (Phi) is 6.23. The van der Waals surface area contributed by atoms with Crippen molar-refractivity contribution in [1.82, 2.24) is 14.7 Å². The van der Waals surface area contributed by atoms with Crippen LogP contribution in [0.4, 0.5) is 25.1 Å². The van der Waals surface area contributed by atoms with E-state index in [1.807, 2.05) is 6.07 Å². The molecule has 1 aromatic heterocycles. The van der Waals surface area contributed by atoms with Gasteiger partial charge in [0.25, 0.3) is 6.43 Å². The zero-order valence-electron chi connectivity index (χ0n) is 15.1. The lowest BCUT2D eigenvalue weighted by molar-refractivity contribution is 0.0692. The summed E-state index contributed by atoms with van der Waals surface area (Å²) in [4.78, 5) is 14.1.